The number of piperazine rings is 1. The number of amides is 2. The predicted octanol–water partition coefficient (Wildman–Crippen LogP) is 7.30. The fraction of sp³-hybridized carbons (Fsp3) is 0.568. The van der Waals surface area contributed by atoms with Gasteiger partial charge < -0.3 is 29.2 Å². The monoisotopic (exact) mass is 670 g/mol. The molecule has 3 atom stereocenters. The Bertz CT molecular complexity index is 1850. The number of imidazole rings is 2. The second-order valence-electron chi connectivity index (χ2n) is 15.8. The predicted molar refractivity (Wildman–Crippen MR) is 191 cm³/mol. The van der Waals surface area contributed by atoms with Gasteiger partial charge in [-0.25, -0.2) is 19.6 Å². The Hall–Kier alpha value is -4.48. The van der Waals surface area contributed by atoms with Crippen molar-refractivity contribution in [2.24, 2.45) is 0 Å². The molecule has 5 heterocycles. The largest absolute Gasteiger partial charge is 0.444 e. The first-order valence-corrected chi connectivity index (χ1v) is 17.7. The van der Waals surface area contributed by atoms with Crippen LogP contribution in [-0.4, -0.2) is 91.9 Å². The molecule has 2 aromatic carbocycles. The number of aromatic nitrogens is 4. The number of likely N-dealkylation sites (tertiary alicyclic amines) is 2. The van der Waals surface area contributed by atoms with Gasteiger partial charge in [0, 0.05) is 50.1 Å². The topological polar surface area (TPSA) is 123 Å². The molecule has 262 valence electrons. The number of anilines is 2. The summed E-state index contributed by atoms with van der Waals surface area (Å²) in [5.74, 6) is 1.63. The third-order valence-electron chi connectivity index (χ3n) is 9.68. The van der Waals surface area contributed by atoms with Gasteiger partial charge in [0.25, 0.3) is 0 Å². The summed E-state index contributed by atoms with van der Waals surface area (Å²) < 4.78 is 11.4. The van der Waals surface area contributed by atoms with Gasteiger partial charge in [0.1, 0.15) is 22.9 Å². The average molecular weight is 671 g/mol. The number of carbonyl (C=O) groups is 2. The summed E-state index contributed by atoms with van der Waals surface area (Å²) in [6.45, 7) is 17.6. The number of nitrogens with one attached hydrogen (secondary N) is 2. The minimum atomic E-state index is -0.536. The van der Waals surface area contributed by atoms with E-state index in [1.807, 2.05) is 41.5 Å². The summed E-state index contributed by atoms with van der Waals surface area (Å²) in [4.78, 5) is 51.2. The molecule has 0 spiro atoms. The number of ether oxygens (including phenoxy) is 2. The maximum absolute atomic E-state index is 12.9. The van der Waals surface area contributed by atoms with Crippen LogP contribution in [0.4, 0.5) is 21.0 Å². The number of fused-ring (bicyclic) bond motifs is 2. The van der Waals surface area contributed by atoms with E-state index in [1.54, 1.807) is 9.80 Å². The molecule has 0 bridgehead atoms. The molecule has 3 saturated heterocycles. The van der Waals surface area contributed by atoms with E-state index in [4.69, 9.17) is 19.4 Å². The third-order valence-corrected chi connectivity index (χ3v) is 9.68. The van der Waals surface area contributed by atoms with Gasteiger partial charge in [0.15, 0.2) is 0 Å². The first-order valence-electron chi connectivity index (χ1n) is 17.7. The number of nitrogens with zero attached hydrogens (tertiary/aromatic N) is 6. The van der Waals surface area contributed by atoms with E-state index in [1.165, 1.54) is 0 Å². The standard InChI is InChI=1S/C37H50N8O4/c1-23-22-42(24-12-14-26-28(20-24)40-32(38-26)30-10-8-16-44(30)34(46)48-36(2,3)4)18-19-43(23)25-13-15-27-29(21-25)41-33(39-27)31-11-9-17-45(31)35(47)49-37(5,6)7/h12-15,20-21,23,30-31H,8-11,16-19,22H2,1-7H3,(H,38,40)(H,39,41)/t23-,30-,31-/m0/s1. The summed E-state index contributed by atoms with van der Waals surface area (Å²) in [6.07, 6.45) is 3.01. The number of aromatic amines is 2. The van der Waals surface area contributed by atoms with E-state index >= 15 is 0 Å². The summed E-state index contributed by atoms with van der Waals surface area (Å²) in [5.41, 5.74) is 5.00. The molecule has 3 fully saturated rings. The first kappa shape index (κ1) is 33.0. The van der Waals surface area contributed by atoms with Crippen LogP contribution in [0.3, 0.4) is 0 Å². The van der Waals surface area contributed by atoms with Crippen molar-refractivity contribution in [2.75, 3.05) is 42.5 Å². The lowest BCUT2D eigenvalue weighted by Crippen LogP contribution is -2.52. The van der Waals surface area contributed by atoms with Crippen molar-refractivity contribution in [3.05, 3.63) is 48.0 Å². The molecule has 12 nitrogen and oxygen atoms in total. The fourth-order valence-corrected chi connectivity index (χ4v) is 7.48. The molecule has 3 aliphatic heterocycles. The molecule has 2 N–H and O–H groups in total. The number of H-pyrrole nitrogens is 2. The molecule has 12 heteroatoms. The molecule has 4 aromatic rings. The Morgan fingerprint density at radius 2 is 1.20 bits per heavy atom. The number of benzene rings is 2. The summed E-state index contributed by atoms with van der Waals surface area (Å²) in [6, 6.07) is 12.9. The van der Waals surface area contributed by atoms with Gasteiger partial charge in [-0.15, -0.1) is 0 Å². The molecule has 0 aliphatic carbocycles. The Morgan fingerprint density at radius 1 is 0.714 bits per heavy atom. The quantitative estimate of drug-likeness (QED) is 0.232. The fourth-order valence-electron chi connectivity index (χ4n) is 7.48. The minimum absolute atomic E-state index is 0.111. The Morgan fingerprint density at radius 3 is 1.69 bits per heavy atom. The number of hydrogen-bond acceptors (Lipinski definition) is 8. The van der Waals surface area contributed by atoms with Gasteiger partial charge in [-0.1, -0.05) is 0 Å². The van der Waals surface area contributed by atoms with Gasteiger partial charge >= 0.3 is 12.2 Å². The summed E-state index contributed by atoms with van der Waals surface area (Å²) in [5, 5.41) is 0. The van der Waals surface area contributed by atoms with Crippen LogP contribution in [0.2, 0.25) is 0 Å². The van der Waals surface area contributed by atoms with Crippen molar-refractivity contribution >= 4 is 45.6 Å². The zero-order chi connectivity index (χ0) is 34.7. The lowest BCUT2D eigenvalue weighted by atomic mass is 10.1. The highest BCUT2D eigenvalue weighted by Crippen LogP contribution is 2.36. The van der Waals surface area contributed by atoms with Crippen LogP contribution in [0.15, 0.2) is 36.4 Å². The van der Waals surface area contributed by atoms with E-state index in [0.717, 1.165) is 90.4 Å². The van der Waals surface area contributed by atoms with Crippen LogP contribution < -0.4 is 9.80 Å². The van der Waals surface area contributed by atoms with Gasteiger partial charge in [-0.05, 0) is 111 Å². The van der Waals surface area contributed by atoms with Crippen molar-refractivity contribution in [1.29, 1.82) is 0 Å². The SMILES string of the molecule is C[C@H]1CN(c2ccc3nc([C@@H]4CCCN4C(=O)OC(C)(C)C)[nH]c3c2)CCN1c1ccc2nc([C@@H]3CCCN3C(=O)OC(C)(C)C)[nH]c2c1. The Kier molecular flexibility index (Phi) is 8.39. The van der Waals surface area contributed by atoms with Gasteiger partial charge in [0.2, 0.25) is 0 Å². The average Bonchev–Trinajstić information content (AvgIpc) is 3.83. The van der Waals surface area contributed by atoms with Crippen LogP contribution in [0.5, 0.6) is 0 Å². The van der Waals surface area contributed by atoms with E-state index in [9.17, 15) is 9.59 Å². The maximum atomic E-state index is 12.9. The van der Waals surface area contributed by atoms with E-state index in [0.29, 0.717) is 13.1 Å². The molecular formula is C37H50N8O4. The van der Waals surface area contributed by atoms with Crippen molar-refractivity contribution in [1.82, 2.24) is 29.7 Å². The lowest BCUT2D eigenvalue weighted by Gasteiger charge is -2.42. The molecule has 49 heavy (non-hydrogen) atoms. The normalized spacial score (nSPS) is 22.1. The van der Waals surface area contributed by atoms with Gasteiger partial charge in [-0.2, -0.15) is 0 Å². The minimum Gasteiger partial charge on any atom is -0.444 e. The summed E-state index contributed by atoms with van der Waals surface area (Å²) in [7, 11) is 0. The zero-order valence-corrected chi connectivity index (χ0v) is 29.9. The highest BCUT2D eigenvalue weighted by atomic mass is 16.6. The third kappa shape index (κ3) is 6.87. The van der Waals surface area contributed by atoms with Crippen LogP contribution in [-0.2, 0) is 9.47 Å². The van der Waals surface area contributed by atoms with Crippen LogP contribution in [0.1, 0.15) is 97.9 Å². The van der Waals surface area contributed by atoms with E-state index in [2.05, 4.69) is 63.1 Å². The van der Waals surface area contributed by atoms with Crippen molar-refractivity contribution in [3.63, 3.8) is 0 Å². The van der Waals surface area contributed by atoms with Crippen LogP contribution in [0.25, 0.3) is 22.1 Å². The zero-order valence-electron chi connectivity index (χ0n) is 29.9. The number of carbonyl (C=O) groups excluding carboxylic acids is 2. The van der Waals surface area contributed by atoms with Crippen molar-refractivity contribution in [3.8, 4) is 0 Å². The highest BCUT2D eigenvalue weighted by Gasteiger charge is 2.36. The van der Waals surface area contributed by atoms with Crippen LogP contribution in [0, 0.1) is 0 Å². The van der Waals surface area contributed by atoms with Gasteiger partial charge in [0.05, 0.1) is 34.2 Å². The van der Waals surface area contributed by atoms with Crippen molar-refractivity contribution < 1.29 is 19.1 Å². The highest BCUT2D eigenvalue weighted by molar-refractivity contribution is 5.82. The molecular weight excluding hydrogens is 620 g/mol. The molecule has 0 saturated carbocycles. The second-order valence-corrected chi connectivity index (χ2v) is 15.8. The van der Waals surface area contributed by atoms with Gasteiger partial charge in [-0.3, -0.25) is 9.80 Å². The smallest absolute Gasteiger partial charge is 0.410 e. The molecule has 2 aromatic heterocycles. The number of hydrogen-bond donors (Lipinski definition) is 2. The van der Waals surface area contributed by atoms with E-state index in [-0.39, 0.29) is 30.3 Å². The molecule has 0 radical (unpaired) electrons. The second kappa shape index (κ2) is 12.4. The Balaban J connectivity index is 1.03. The molecule has 3 aliphatic rings. The lowest BCUT2D eigenvalue weighted by molar-refractivity contribution is 0.0208. The summed E-state index contributed by atoms with van der Waals surface area (Å²) >= 11 is 0. The Labute approximate surface area is 288 Å². The molecule has 7 rings (SSSR count). The molecule has 0 unspecified atom stereocenters. The van der Waals surface area contributed by atoms with Crippen LogP contribution >= 0.6 is 0 Å². The first-order chi connectivity index (χ1) is 23.2. The maximum Gasteiger partial charge on any atom is 0.410 e. The molecule has 2 amide bonds. The number of rotatable bonds is 4. The van der Waals surface area contributed by atoms with Crippen molar-refractivity contribution in [2.45, 2.75) is 103 Å². The van der Waals surface area contributed by atoms with E-state index < -0.39 is 11.2 Å².